The summed E-state index contributed by atoms with van der Waals surface area (Å²) in [7, 11) is 0. The summed E-state index contributed by atoms with van der Waals surface area (Å²) in [4.78, 5) is 45.1. The van der Waals surface area contributed by atoms with Crippen LogP contribution in [-0.4, -0.2) is 53.8 Å². The van der Waals surface area contributed by atoms with Gasteiger partial charge >= 0.3 is 0 Å². The normalized spacial score (nSPS) is 15.9. The highest BCUT2D eigenvalue weighted by molar-refractivity contribution is 6.04. The van der Waals surface area contributed by atoms with Gasteiger partial charge in [-0.05, 0) is 49.6 Å². The number of aromatic nitrogens is 1. The molecule has 30 heavy (non-hydrogen) atoms. The second-order valence-corrected chi connectivity index (χ2v) is 7.40. The first-order valence-corrected chi connectivity index (χ1v) is 10.1. The highest BCUT2D eigenvalue weighted by atomic mass is 16.5. The van der Waals surface area contributed by atoms with Crippen LogP contribution >= 0.6 is 0 Å². The number of benzene rings is 1. The zero-order chi connectivity index (χ0) is 20.9. The maximum absolute atomic E-state index is 12.9. The number of hydrogen-bond acceptors (Lipinski definition) is 5. The number of rotatable bonds is 5. The molecule has 0 aliphatic carbocycles. The number of likely N-dealkylation sites (tertiary alicyclic amines) is 1. The van der Waals surface area contributed by atoms with Gasteiger partial charge in [-0.1, -0.05) is 6.07 Å². The molecule has 1 aromatic carbocycles. The molecule has 0 spiro atoms. The number of anilines is 1. The van der Waals surface area contributed by atoms with E-state index in [-0.39, 0.29) is 37.4 Å². The minimum absolute atomic E-state index is 0.0601. The largest absolute Gasteiger partial charge is 0.482 e. The molecule has 2 aliphatic rings. The average molecular weight is 408 g/mol. The van der Waals surface area contributed by atoms with Crippen molar-refractivity contribution in [2.45, 2.75) is 25.8 Å². The standard InChI is InChI=1S/C22H24N4O4/c27-20(24-13-17-6-2-3-9-23-17)14-26-18-12-16(7-8-19(18)30-15-21(26)28)22(29)25-10-4-1-5-11-25/h2-3,6-9,12H,1,4-5,10-11,13-15H2,(H,24,27). The van der Waals surface area contributed by atoms with E-state index in [9.17, 15) is 14.4 Å². The first kappa shape index (κ1) is 19.9. The summed E-state index contributed by atoms with van der Waals surface area (Å²) >= 11 is 0. The van der Waals surface area contributed by atoms with Gasteiger partial charge in [0, 0.05) is 24.8 Å². The molecule has 0 radical (unpaired) electrons. The fraction of sp³-hybridized carbons (Fsp3) is 0.364. The van der Waals surface area contributed by atoms with Gasteiger partial charge in [-0.15, -0.1) is 0 Å². The topological polar surface area (TPSA) is 91.8 Å². The fourth-order valence-corrected chi connectivity index (χ4v) is 3.68. The van der Waals surface area contributed by atoms with Crippen LogP contribution in [0.4, 0.5) is 5.69 Å². The third-order valence-corrected chi connectivity index (χ3v) is 5.29. The molecule has 156 valence electrons. The summed E-state index contributed by atoms with van der Waals surface area (Å²) in [5.41, 5.74) is 1.67. The van der Waals surface area contributed by atoms with Crippen LogP contribution in [0.25, 0.3) is 0 Å². The quantitative estimate of drug-likeness (QED) is 0.814. The number of nitrogens with zero attached hydrogens (tertiary/aromatic N) is 3. The Bertz CT molecular complexity index is 941. The summed E-state index contributed by atoms with van der Waals surface area (Å²) in [6.45, 7) is 1.47. The molecule has 0 bridgehead atoms. The van der Waals surface area contributed by atoms with Crippen LogP contribution in [0.1, 0.15) is 35.3 Å². The molecule has 0 saturated carbocycles. The fourth-order valence-electron chi connectivity index (χ4n) is 3.68. The highest BCUT2D eigenvalue weighted by Crippen LogP contribution is 2.33. The number of carbonyl (C=O) groups is 3. The molecule has 1 saturated heterocycles. The van der Waals surface area contributed by atoms with Crippen molar-refractivity contribution in [3.05, 3.63) is 53.9 Å². The van der Waals surface area contributed by atoms with E-state index in [2.05, 4.69) is 10.3 Å². The van der Waals surface area contributed by atoms with Crippen molar-refractivity contribution in [2.75, 3.05) is 31.1 Å². The van der Waals surface area contributed by atoms with Gasteiger partial charge in [0.05, 0.1) is 17.9 Å². The van der Waals surface area contributed by atoms with Gasteiger partial charge in [0.15, 0.2) is 6.61 Å². The second kappa shape index (κ2) is 8.94. The van der Waals surface area contributed by atoms with Crippen molar-refractivity contribution in [1.82, 2.24) is 15.2 Å². The average Bonchev–Trinajstić information content (AvgIpc) is 2.80. The molecule has 2 aromatic rings. The van der Waals surface area contributed by atoms with Crippen LogP contribution in [-0.2, 0) is 16.1 Å². The van der Waals surface area contributed by atoms with Gasteiger partial charge in [0.1, 0.15) is 12.3 Å². The Kier molecular flexibility index (Phi) is 5.92. The molecule has 3 amide bonds. The van der Waals surface area contributed by atoms with E-state index < -0.39 is 0 Å². The van der Waals surface area contributed by atoms with Crippen molar-refractivity contribution < 1.29 is 19.1 Å². The highest BCUT2D eigenvalue weighted by Gasteiger charge is 2.29. The van der Waals surface area contributed by atoms with Crippen LogP contribution in [0.2, 0.25) is 0 Å². The molecule has 0 atom stereocenters. The minimum atomic E-state index is -0.321. The van der Waals surface area contributed by atoms with Crippen molar-refractivity contribution in [3.8, 4) is 5.75 Å². The van der Waals surface area contributed by atoms with E-state index in [1.54, 1.807) is 30.5 Å². The second-order valence-electron chi connectivity index (χ2n) is 7.40. The number of carbonyl (C=O) groups excluding carboxylic acids is 3. The maximum Gasteiger partial charge on any atom is 0.265 e. The predicted molar refractivity (Wildman–Crippen MR) is 110 cm³/mol. The third kappa shape index (κ3) is 4.42. The summed E-state index contributed by atoms with van der Waals surface area (Å²) in [6, 6.07) is 10.5. The van der Waals surface area contributed by atoms with Crippen LogP contribution in [0, 0.1) is 0 Å². The molecule has 8 heteroatoms. The molecule has 4 rings (SSSR count). The van der Waals surface area contributed by atoms with Crippen molar-refractivity contribution >= 4 is 23.4 Å². The SMILES string of the molecule is O=C(CN1C(=O)COc2ccc(C(=O)N3CCCCC3)cc21)NCc1ccccn1. The van der Waals surface area contributed by atoms with Crippen LogP contribution < -0.4 is 15.0 Å². The predicted octanol–water partition coefficient (Wildman–Crippen LogP) is 1.75. The molecular weight excluding hydrogens is 384 g/mol. The minimum Gasteiger partial charge on any atom is -0.482 e. The Hall–Kier alpha value is -3.42. The molecule has 1 aromatic heterocycles. The number of ether oxygens (including phenoxy) is 1. The molecule has 1 N–H and O–H groups in total. The first-order chi connectivity index (χ1) is 14.6. The monoisotopic (exact) mass is 408 g/mol. The van der Waals surface area contributed by atoms with E-state index in [1.807, 2.05) is 17.0 Å². The van der Waals surface area contributed by atoms with Gasteiger partial charge in [0.2, 0.25) is 5.91 Å². The van der Waals surface area contributed by atoms with Crippen molar-refractivity contribution in [2.24, 2.45) is 0 Å². The molecule has 0 unspecified atom stereocenters. The number of fused-ring (bicyclic) bond motifs is 1. The van der Waals surface area contributed by atoms with Crippen LogP contribution in [0.15, 0.2) is 42.6 Å². The molecule has 3 heterocycles. The Morgan fingerprint density at radius 3 is 2.70 bits per heavy atom. The summed E-state index contributed by atoms with van der Waals surface area (Å²) in [5, 5.41) is 2.78. The summed E-state index contributed by atoms with van der Waals surface area (Å²) < 4.78 is 5.50. The Balaban J connectivity index is 1.48. The van der Waals surface area contributed by atoms with E-state index in [0.29, 0.717) is 17.0 Å². The third-order valence-electron chi connectivity index (χ3n) is 5.29. The lowest BCUT2D eigenvalue weighted by atomic mass is 10.1. The summed E-state index contributed by atoms with van der Waals surface area (Å²) in [6.07, 6.45) is 4.80. The van der Waals surface area contributed by atoms with Gasteiger partial charge in [-0.25, -0.2) is 0 Å². The van der Waals surface area contributed by atoms with E-state index >= 15 is 0 Å². The number of hydrogen-bond donors (Lipinski definition) is 1. The van der Waals surface area contributed by atoms with Gasteiger partial charge in [-0.3, -0.25) is 24.3 Å². The molecule has 2 aliphatic heterocycles. The smallest absolute Gasteiger partial charge is 0.265 e. The lowest BCUT2D eigenvalue weighted by molar-refractivity contribution is -0.125. The Labute approximate surface area is 174 Å². The van der Waals surface area contributed by atoms with Gasteiger partial charge in [0.25, 0.3) is 11.8 Å². The maximum atomic E-state index is 12.9. The Morgan fingerprint density at radius 2 is 1.93 bits per heavy atom. The lowest BCUT2D eigenvalue weighted by Crippen LogP contribution is -2.45. The van der Waals surface area contributed by atoms with Gasteiger partial charge in [-0.2, -0.15) is 0 Å². The summed E-state index contributed by atoms with van der Waals surface area (Å²) in [5.74, 6) is -0.204. The lowest BCUT2D eigenvalue weighted by Gasteiger charge is -2.30. The van der Waals surface area contributed by atoms with E-state index in [1.165, 1.54) is 4.90 Å². The number of piperidine rings is 1. The number of pyridine rings is 1. The van der Waals surface area contributed by atoms with Crippen molar-refractivity contribution in [3.63, 3.8) is 0 Å². The molecule has 1 fully saturated rings. The number of nitrogens with one attached hydrogen (secondary N) is 1. The zero-order valence-electron chi connectivity index (χ0n) is 16.7. The van der Waals surface area contributed by atoms with E-state index in [0.717, 1.165) is 38.0 Å². The molecule has 8 nitrogen and oxygen atoms in total. The molecular formula is C22H24N4O4. The Morgan fingerprint density at radius 1 is 1.10 bits per heavy atom. The number of amides is 3. The van der Waals surface area contributed by atoms with E-state index in [4.69, 9.17) is 4.74 Å². The van der Waals surface area contributed by atoms with Crippen molar-refractivity contribution in [1.29, 1.82) is 0 Å². The zero-order valence-corrected chi connectivity index (χ0v) is 16.7. The first-order valence-electron chi connectivity index (χ1n) is 10.1. The van der Waals surface area contributed by atoms with Crippen LogP contribution in [0.3, 0.4) is 0 Å². The van der Waals surface area contributed by atoms with Gasteiger partial charge < -0.3 is 15.0 Å². The van der Waals surface area contributed by atoms with Crippen LogP contribution in [0.5, 0.6) is 5.75 Å².